The molecule has 1 saturated heterocycles. The van der Waals surface area contributed by atoms with Crippen molar-refractivity contribution in [3.8, 4) is 0 Å². The summed E-state index contributed by atoms with van der Waals surface area (Å²) in [6.45, 7) is 8.87. The molecule has 0 spiro atoms. The van der Waals surface area contributed by atoms with Crippen molar-refractivity contribution < 1.29 is 4.74 Å². The van der Waals surface area contributed by atoms with E-state index < -0.39 is 0 Å². The lowest BCUT2D eigenvalue weighted by atomic mass is 9.85. The highest BCUT2D eigenvalue weighted by atomic mass is 16.5. The van der Waals surface area contributed by atoms with Crippen LogP contribution in [0.3, 0.4) is 0 Å². The molecule has 2 nitrogen and oxygen atoms in total. The molecule has 3 rings (SSSR count). The van der Waals surface area contributed by atoms with Crippen LogP contribution in [0.2, 0.25) is 0 Å². The van der Waals surface area contributed by atoms with Gasteiger partial charge in [0.15, 0.2) is 0 Å². The summed E-state index contributed by atoms with van der Waals surface area (Å²) in [4.78, 5) is 2.57. The predicted octanol–water partition coefficient (Wildman–Crippen LogP) is 4.86. The van der Waals surface area contributed by atoms with Crippen molar-refractivity contribution in [2.75, 3.05) is 13.1 Å². The smallest absolute Gasteiger partial charge is 0.0724 e. The van der Waals surface area contributed by atoms with Crippen LogP contribution in [0.5, 0.6) is 0 Å². The average Bonchev–Trinajstić information content (AvgIpc) is 3.00. The van der Waals surface area contributed by atoms with Crippen LogP contribution in [0, 0.1) is 0 Å². The Morgan fingerprint density at radius 3 is 2.32 bits per heavy atom. The first-order chi connectivity index (χ1) is 12.3. The molecule has 0 aliphatic carbocycles. The molecule has 0 aromatic heterocycles. The second kappa shape index (κ2) is 8.46. The van der Waals surface area contributed by atoms with Crippen LogP contribution in [0.25, 0.3) is 0 Å². The van der Waals surface area contributed by atoms with Gasteiger partial charge in [-0.1, -0.05) is 73.7 Å². The maximum Gasteiger partial charge on any atom is 0.0724 e. The SMILES string of the molecule is C=CCN1C[C@@H](OCc2ccccc2)C[C@]1(CC)Cc1ccccc1. The van der Waals surface area contributed by atoms with Gasteiger partial charge in [0.2, 0.25) is 0 Å². The summed E-state index contributed by atoms with van der Waals surface area (Å²) in [6.07, 6.45) is 5.59. The van der Waals surface area contributed by atoms with Crippen LogP contribution in [0.4, 0.5) is 0 Å². The number of hydrogen-bond acceptors (Lipinski definition) is 2. The van der Waals surface area contributed by atoms with E-state index in [0.717, 1.165) is 32.4 Å². The fraction of sp³-hybridized carbons (Fsp3) is 0.391. The molecule has 2 atom stereocenters. The first-order valence-corrected chi connectivity index (χ1v) is 9.31. The van der Waals surface area contributed by atoms with Gasteiger partial charge >= 0.3 is 0 Å². The summed E-state index contributed by atoms with van der Waals surface area (Å²) >= 11 is 0. The highest BCUT2D eigenvalue weighted by molar-refractivity contribution is 5.20. The maximum atomic E-state index is 6.28. The van der Waals surface area contributed by atoms with Crippen molar-refractivity contribution in [1.29, 1.82) is 0 Å². The van der Waals surface area contributed by atoms with Gasteiger partial charge < -0.3 is 4.74 Å². The minimum absolute atomic E-state index is 0.164. The first kappa shape index (κ1) is 17.9. The minimum Gasteiger partial charge on any atom is -0.372 e. The number of ether oxygens (including phenoxy) is 1. The molecule has 2 aromatic carbocycles. The number of benzene rings is 2. The second-order valence-corrected chi connectivity index (χ2v) is 7.06. The van der Waals surface area contributed by atoms with Crippen LogP contribution >= 0.6 is 0 Å². The molecule has 1 heterocycles. The fourth-order valence-corrected chi connectivity index (χ4v) is 4.03. The monoisotopic (exact) mass is 335 g/mol. The van der Waals surface area contributed by atoms with Crippen LogP contribution in [0.15, 0.2) is 73.3 Å². The quantitative estimate of drug-likeness (QED) is 0.639. The molecule has 0 bridgehead atoms. The number of likely N-dealkylation sites (tertiary alicyclic amines) is 1. The molecule has 0 amide bonds. The average molecular weight is 335 g/mol. The van der Waals surface area contributed by atoms with Crippen LogP contribution in [0.1, 0.15) is 30.9 Å². The van der Waals surface area contributed by atoms with Crippen molar-refractivity contribution in [2.24, 2.45) is 0 Å². The molecule has 0 saturated carbocycles. The number of rotatable bonds is 8. The Balaban J connectivity index is 1.70. The summed E-state index contributed by atoms with van der Waals surface area (Å²) in [6, 6.07) is 21.3. The molecule has 1 fully saturated rings. The molecule has 2 aromatic rings. The van der Waals surface area contributed by atoms with Gasteiger partial charge in [0.1, 0.15) is 0 Å². The zero-order valence-electron chi connectivity index (χ0n) is 15.2. The van der Waals surface area contributed by atoms with E-state index >= 15 is 0 Å². The van der Waals surface area contributed by atoms with Gasteiger partial charge in [-0.15, -0.1) is 6.58 Å². The Hall–Kier alpha value is -1.90. The van der Waals surface area contributed by atoms with Gasteiger partial charge in [0.05, 0.1) is 12.7 Å². The standard InChI is InChI=1S/C23H29NO/c1-3-15-24-18-22(25-19-21-13-9-6-10-14-21)17-23(24,4-2)16-20-11-7-5-8-12-20/h3,5-14,22H,1,4,15-19H2,2H3/t22-,23-/m0/s1. The maximum absolute atomic E-state index is 6.28. The third-order valence-electron chi connectivity index (χ3n) is 5.41. The molecule has 1 aliphatic rings. The highest BCUT2D eigenvalue weighted by Gasteiger charge is 2.44. The Bertz CT molecular complexity index is 654. The molecule has 0 radical (unpaired) electrons. The Morgan fingerprint density at radius 2 is 1.72 bits per heavy atom. The molecule has 25 heavy (non-hydrogen) atoms. The van der Waals surface area contributed by atoms with Gasteiger partial charge in [0, 0.05) is 18.6 Å². The Morgan fingerprint density at radius 1 is 1.08 bits per heavy atom. The molecular formula is C23H29NO. The third kappa shape index (κ3) is 4.39. The van der Waals surface area contributed by atoms with Gasteiger partial charge in [-0.05, 0) is 30.4 Å². The van der Waals surface area contributed by atoms with E-state index in [1.165, 1.54) is 11.1 Å². The van der Waals surface area contributed by atoms with Crippen molar-refractivity contribution in [3.63, 3.8) is 0 Å². The second-order valence-electron chi connectivity index (χ2n) is 7.06. The molecular weight excluding hydrogens is 306 g/mol. The number of nitrogens with zero attached hydrogens (tertiary/aromatic N) is 1. The van der Waals surface area contributed by atoms with Gasteiger partial charge in [-0.25, -0.2) is 0 Å². The van der Waals surface area contributed by atoms with E-state index in [9.17, 15) is 0 Å². The zero-order chi connectivity index (χ0) is 17.5. The summed E-state index contributed by atoms with van der Waals surface area (Å²) in [7, 11) is 0. The topological polar surface area (TPSA) is 12.5 Å². The summed E-state index contributed by atoms with van der Waals surface area (Å²) in [5.41, 5.74) is 2.81. The van der Waals surface area contributed by atoms with Gasteiger partial charge in [0.25, 0.3) is 0 Å². The van der Waals surface area contributed by atoms with E-state index in [1.807, 2.05) is 12.1 Å². The minimum atomic E-state index is 0.164. The van der Waals surface area contributed by atoms with Crippen LogP contribution in [-0.4, -0.2) is 29.6 Å². The first-order valence-electron chi connectivity index (χ1n) is 9.31. The summed E-state index contributed by atoms with van der Waals surface area (Å²) in [5.74, 6) is 0. The summed E-state index contributed by atoms with van der Waals surface area (Å²) in [5, 5.41) is 0. The van der Waals surface area contributed by atoms with E-state index in [0.29, 0.717) is 6.61 Å². The normalized spacial score (nSPS) is 23.6. The highest BCUT2D eigenvalue weighted by Crippen LogP contribution is 2.37. The van der Waals surface area contributed by atoms with Crippen molar-refractivity contribution in [1.82, 2.24) is 4.90 Å². The molecule has 0 N–H and O–H groups in total. The largest absolute Gasteiger partial charge is 0.372 e. The van der Waals surface area contributed by atoms with Gasteiger partial charge in [-0.3, -0.25) is 4.90 Å². The lowest BCUT2D eigenvalue weighted by Crippen LogP contribution is -2.45. The Labute approximate surface area is 152 Å². The van der Waals surface area contributed by atoms with Crippen LogP contribution < -0.4 is 0 Å². The van der Waals surface area contributed by atoms with Crippen LogP contribution in [-0.2, 0) is 17.8 Å². The third-order valence-corrected chi connectivity index (χ3v) is 5.41. The fourth-order valence-electron chi connectivity index (χ4n) is 4.03. The summed E-state index contributed by atoms with van der Waals surface area (Å²) < 4.78 is 6.28. The predicted molar refractivity (Wildman–Crippen MR) is 105 cm³/mol. The van der Waals surface area contributed by atoms with Crippen molar-refractivity contribution in [3.05, 3.63) is 84.4 Å². The molecule has 132 valence electrons. The van der Waals surface area contributed by atoms with Crippen molar-refractivity contribution in [2.45, 2.75) is 44.4 Å². The Kier molecular flexibility index (Phi) is 6.06. The lowest BCUT2D eigenvalue weighted by molar-refractivity contribution is 0.0468. The number of hydrogen-bond donors (Lipinski definition) is 0. The van der Waals surface area contributed by atoms with E-state index in [-0.39, 0.29) is 11.6 Å². The van der Waals surface area contributed by atoms with E-state index in [2.05, 4.69) is 73.0 Å². The molecule has 2 heteroatoms. The zero-order valence-corrected chi connectivity index (χ0v) is 15.2. The molecule has 0 unspecified atom stereocenters. The van der Waals surface area contributed by atoms with Crippen molar-refractivity contribution >= 4 is 0 Å². The molecule has 1 aliphatic heterocycles. The lowest BCUT2D eigenvalue weighted by Gasteiger charge is -2.37. The van der Waals surface area contributed by atoms with Gasteiger partial charge in [-0.2, -0.15) is 0 Å². The van der Waals surface area contributed by atoms with E-state index in [4.69, 9.17) is 4.74 Å². The van der Waals surface area contributed by atoms with E-state index in [1.54, 1.807) is 0 Å².